The number of nitrogens with zero attached hydrogens (tertiary/aromatic N) is 3. The smallest absolute Gasteiger partial charge is 0.252 e. The Kier molecular flexibility index (Phi) is 4.97. The van der Waals surface area contributed by atoms with Crippen molar-refractivity contribution in [2.24, 2.45) is 0 Å². The van der Waals surface area contributed by atoms with Crippen molar-refractivity contribution in [3.63, 3.8) is 0 Å². The molecule has 3 aromatic heterocycles. The fourth-order valence-electron chi connectivity index (χ4n) is 2.40. The summed E-state index contributed by atoms with van der Waals surface area (Å²) in [4.78, 5) is 13.6. The molecule has 0 saturated heterocycles. The average molecular weight is 346 g/mol. The summed E-state index contributed by atoms with van der Waals surface area (Å²) in [5.74, 6) is 1.65. The van der Waals surface area contributed by atoms with E-state index in [0.717, 1.165) is 28.5 Å². The normalized spacial score (nSPS) is 12.4. The van der Waals surface area contributed by atoms with E-state index in [2.05, 4.69) is 21.8 Å². The number of hydrogen-bond acceptors (Lipinski definition) is 5. The lowest BCUT2D eigenvalue weighted by Crippen LogP contribution is -2.30. The van der Waals surface area contributed by atoms with Crippen LogP contribution >= 0.6 is 23.1 Å². The van der Waals surface area contributed by atoms with Crippen molar-refractivity contribution in [1.82, 2.24) is 19.9 Å². The molecular formula is C16H18N4OS2. The predicted octanol–water partition coefficient (Wildman–Crippen LogP) is 3.32. The Hall–Kier alpha value is -1.86. The van der Waals surface area contributed by atoms with Crippen molar-refractivity contribution in [3.05, 3.63) is 52.1 Å². The number of rotatable bonds is 6. The zero-order valence-electron chi connectivity index (χ0n) is 13.0. The molecule has 3 rings (SSSR count). The lowest BCUT2D eigenvalue weighted by molar-refractivity contribution is 0.0934. The molecule has 23 heavy (non-hydrogen) atoms. The van der Waals surface area contributed by atoms with Crippen LogP contribution in [0.4, 0.5) is 0 Å². The Morgan fingerprint density at radius 1 is 1.43 bits per heavy atom. The minimum atomic E-state index is -0.160. The third-order valence-corrected chi connectivity index (χ3v) is 5.07. The summed E-state index contributed by atoms with van der Waals surface area (Å²) in [7, 11) is 0. The number of aryl methyl sites for hydroxylation is 1. The van der Waals surface area contributed by atoms with Gasteiger partial charge in [0.2, 0.25) is 0 Å². The molecule has 3 aromatic rings. The molecule has 0 aromatic carbocycles. The summed E-state index contributed by atoms with van der Waals surface area (Å²) < 4.78 is 1.93. The quantitative estimate of drug-likeness (QED) is 0.744. The van der Waals surface area contributed by atoms with Crippen molar-refractivity contribution >= 4 is 34.7 Å². The molecular weight excluding hydrogens is 328 g/mol. The first kappa shape index (κ1) is 16.0. The Labute approximate surface area is 143 Å². The maximum atomic E-state index is 12.5. The van der Waals surface area contributed by atoms with Gasteiger partial charge in [0, 0.05) is 16.5 Å². The van der Waals surface area contributed by atoms with Gasteiger partial charge in [-0.3, -0.25) is 9.20 Å². The molecule has 0 aliphatic heterocycles. The van der Waals surface area contributed by atoms with Crippen LogP contribution in [0.3, 0.4) is 0 Å². The van der Waals surface area contributed by atoms with Gasteiger partial charge in [-0.25, -0.2) is 0 Å². The molecule has 0 saturated carbocycles. The van der Waals surface area contributed by atoms with Gasteiger partial charge in [0.1, 0.15) is 0 Å². The Morgan fingerprint density at radius 3 is 3.04 bits per heavy atom. The van der Waals surface area contributed by atoms with E-state index in [1.165, 1.54) is 0 Å². The van der Waals surface area contributed by atoms with Gasteiger partial charge in [0.25, 0.3) is 5.91 Å². The number of thiophene rings is 1. The predicted molar refractivity (Wildman–Crippen MR) is 95.2 cm³/mol. The number of pyridine rings is 1. The molecule has 0 spiro atoms. The standard InChI is InChI=1S/C16H18N4OS2/c1-11-9-12(10-23-11)16(21)17-13(6-8-22-2)15-19-18-14-5-3-4-7-20(14)15/h3-5,7,9-10,13H,6,8H2,1-2H3,(H,17,21). The Bertz CT molecular complexity index is 811. The summed E-state index contributed by atoms with van der Waals surface area (Å²) in [5.41, 5.74) is 1.49. The van der Waals surface area contributed by atoms with E-state index in [9.17, 15) is 4.79 Å². The third-order valence-electron chi connectivity index (χ3n) is 3.56. The van der Waals surface area contributed by atoms with E-state index in [1.54, 1.807) is 23.1 Å². The van der Waals surface area contributed by atoms with Crippen molar-refractivity contribution in [3.8, 4) is 0 Å². The molecule has 1 N–H and O–H groups in total. The highest BCUT2D eigenvalue weighted by molar-refractivity contribution is 7.98. The van der Waals surface area contributed by atoms with Crippen molar-refractivity contribution in [2.75, 3.05) is 12.0 Å². The highest BCUT2D eigenvalue weighted by atomic mass is 32.2. The molecule has 0 aliphatic carbocycles. The van der Waals surface area contributed by atoms with Crippen molar-refractivity contribution in [1.29, 1.82) is 0 Å². The Morgan fingerprint density at radius 2 is 2.30 bits per heavy atom. The largest absolute Gasteiger partial charge is 0.342 e. The second-order valence-corrected chi connectivity index (χ2v) is 7.34. The third kappa shape index (κ3) is 3.56. The van der Waals surface area contributed by atoms with E-state index in [4.69, 9.17) is 0 Å². The van der Waals surface area contributed by atoms with Crippen LogP contribution in [-0.4, -0.2) is 32.5 Å². The van der Waals surface area contributed by atoms with Gasteiger partial charge in [-0.1, -0.05) is 6.07 Å². The lowest BCUT2D eigenvalue weighted by Gasteiger charge is -2.16. The lowest BCUT2D eigenvalue weighted by atomic mass is 10.2. The SMILES string of the molecule is CSCCC(NC(=O)c1csc(C)c1)c1nnc2ccccn12. The van der Waals surface area contributed by atoms with E-state index < -0.39 is 0 Å². The number of aromatic nitrogens is 3. The molecule has 3 heterocycles. The van der Waals surface area contributed by atoms with Gasteiger partial charge in [-0.05, 0) is 43.6 Å². The van der Waals surface area contributed by atoms with E-state index in [1.807, 2.05) is 47.2 Å². The zero-order chi connectivity index (χ0) is 16.2. The van der Waals surface area contributed by atoms with Crippen LogP contribution < -0.4 is 5.32 Å². The van der Waals surface area contributed by atoms with Gasteiger partial charge in [-0.15, -0.1) is 21.5 Å². The number of fused-ring (bicyclic) bond motifs is 1. The summed E-state index contributed by atoms with van der Waals surface area (Å²) in [6, 6.07) is 7.53. The van der Waals surface area contributed by atoms with Crippen LogP contribution in [0.25, 0.3) is 5.65 Å². The minimum Gasteiger partial charge on any atom is -0.342 e. The number of carbonyl (C=O) groups excluding carboxylic acids is 1. The van der Waals surface area contributed by atoms with Crippen molar-refractivity contribution < 1.29 is 4.79 Å². The number of thioether (sulfide) groups is 1. The summed E-state index contributed by atoms with van der Waals surface area (Å²) >= 11 is 3.33. The van der Waals surface area contributed by atoms with E-state index >= 15 is 0 Å². The molecule has 1 atom stereocenters. The van der Waals surface area contributed by atoms with E-state index in [0.29, 0.717) is 5.56 Å². The average Bonchev–Trinajstić information content (AvgIpc) is 3.17. The van der Waals surface area contributed by atoms with Crippen LogP contribution in [0.2, 0.25) is 0 Å². The number of amides is 1. The first-order valence-electron chi connectivity index (χ1n) is 7.33. The van der Waals surface area contributed by atoms with Gasteiger partial charge < -0.3 is 5.32 Å². The maximum Gasteiger partial charge on any atom is 0.252 e. The van der Waals surface area contributed by atoms with Crippen LogP contribution in [0.5, 0.6) is 0 Å². The molecule has 1 unspecified atom stereocenters. The molecule has 0 radical (unpaired) electrons. The number of nitrogens with one attached hydrogen (secondary N) is 1. The maximum absolute atomic E-state index is 12.5. The fourth-order valence-corrected chi connectivity index (χ4v) is 3.56. The molecule has 0 bridgehead atoms. The van der Waals surface area contributed by atoms with Crippen molar-refractivity contribution in [2.45, 2.75) is 19.4 Å². The molecule has 0 aliphatic rings. The topological polar surface area (TPSA) is 59.3 Å². The monoisotopic (exact) mass is 346 g/mol. The second-order valence-electron chi connectivity index (χ2n) is 5.24. The molecule has 5 nitrogen and oxygen atoms in total. The molecule has 1 amide bonds. The van der Waals surface area contributed by atoms with Crippen LogP contribution in [-0.2, 0) is 0 Å². The summed E-state index contributed by atoms with van der Waals surface area (Å²) in [5, 5.41) is 13.5. The van der Waals surface area contributed by atoms with Gasteiger partial charge in [0.05, 0.1) is 11.6 Å². The summed E-state index contributed by atoms with van der Waals surface area (Å²) in [6.07, 6.45) is 4.80. The first-order valence-corrected chi connectivity index (χ1v) is 9.61. The van der Waals surface area contributed by atoms with Crippen LogP contribution in [0.1, 0.15) is 33.5 Å². The van der Waals surface area contributed by atoms with Gasteiger partial charge in [0.15, 0.2) is 11.5 Å². The van der Waals surface area contributed by atoms with E-state index in [-0.39, 0.29) is 11.9 Å². The summed E-state index contributed by atoms with van der Waals surface area (Å²) in [6.45, 7) is 2.00. The number of hydrogen-bond donors (Lipinski definition) is 1. The first-order chi connectivity index (χ1) is 11.2. The van der Waals surface area contributed by atoms with Crippen LogP contribution in [0, 0.1) is 6.92 Å². The molecule has 0 fully saturated rings. The molecule has 7 heteroatoms. The Balaban J connectivity index is 1.87. The second kappa shape index (κ2) is 7.14. The highest BCUT2D eigenvalue weighted by Crippen LogP contribution is 2.20. The van der Waals surface area contributed by atoms with Gasteiger partial charge >= 0.3 is 0 Å². The van der Waals surface area contributed by atoms with Crippen LogP contribution in [0.15, 0.2) is 35.8 Å². The molecule has 120 valence electrons. The minimum absolute atomic E-state index is 0.0619. The number of carbonyl (C=O) groups is 1. The highest BCUT2D eigenvalue weighted by Gasteiger charge is 2.21. The van der Waals surface area contributed by atoms with Gasteiger partial charge in [-0.2, -0.15) is 11.8 Å². The fraction of sp³-hybridized carbons (Fsp3) is 0.312. The zero-order valence-corrected chi connectivity index (χ0v) is 14.7.